The molecule has 1 atom stereocenters. The van der Waals surface area contributed by atoms with Crippen molar-refractivity contribution in [3.05, 3.63) is 28.8 Å². The quantitative estimate of drug-likeness (QED) is 0.831. The number of hydrogen-bond donors (Lipinski definition) is 2. The van der Waals surface area contributed by atoms with Gasteiger partial charge < -0.3 is 5.11 Å². The van der Waals surface area contributed by atoms with Gasteiger partial charge in [-0.3, -0.25) is 4.79 Å². The maximum Gasteiger partial charge on any atom is 0.303 e. The van der Waals surface area contributed by atoms with E-state index in [2.05, 4.69) is 4.72 Å². The van der Waals surface area contributed by atoms with Crippen molar-refractivity contribution in [3.8, 4) is 6.07 Å². The molecule has 1 unspecified atom stereocenters. The topological polar surface area (TPSA) is 107 Å². The zero-order valence-electron chi connectivity index (χ0n) is 10.6. The average molecular weight is 317 g/mol. The number of rotatable bonds is 6. The van der Waals surface area contributed by atoms with Gasteiger partial charge in [0.15, 0.2) is 0 Å². The van der Waals surface area contributed by atoms with E-state index in [0.717, 1.165) is 0 Å². The van der Waals surface area contributed by atoms with E-state index in [1.165, 1.54) is 18.2 Å². The van der Waals surface area contributed by atoms with Crippen LogP contribution in [0.3, 0.4) is 0 Å². The first-order valence-corrected chi connectivity index (χ1v) is 7.56. The summed E-state index contributed by atoms with van der Waals surface area (Å²) < 4.78 is 26.6. The highest BCUT2D eigenvalue weighted by atomic mass is 35.5. The summed E-state index contributed by atoms with van der Waals surface area (Å²) in [6.07, 6.45) is 0.00134. The Morgan fingerprint density at radius 2 is 2.20 bits per heavy atom. The Morgan fingerprint density at radius 1 is 1.55 bits per heavy atom. The summed E-state index contributed by atoms with van der Waals surface area (Å²) in [5.41, 5.74) is -0.0210. The molecular weight excluding hydrogens is 304 g/mol. The van der Waals surface area contributed by atoms with Crippen LogP contribution in [0.15, 0.2) is 23.1 Å². The van der Waals surface area contributed by atoms with Gasteiger partial charge in [0.25, 0.3) is 0 Å². The molecule has 0 spiro atoms. The molecule has 0 aliphatic heterocycles. The van der Waals surface area contributed by atoms with Crippen molar-refractivity contribution in [2.75, 3.05) is 0 Å². The molecule has 0 radical (unpaired) electrons. The summed E-state index contributed by atoms with van der Waals surface area (Å²) in [6, 6.07) is 5.14. The number of nitriles is 1. The van der Waals surface area contributed by atoms with E-state index in [1.807, 2.05) is 0 Å². The fourth-order valence-electron chi connectivity index (χ4n) is 1.54. The Balaban J connectivity index is 2.97. The Hall–Kier alpha value is -1.62. The van der Waals surface area contributed by atoms with Gasteiger partial charge in [-0.15, -0.1) is 0 Å². The van der Waals surface area contributed by atoms with Crippen LogP contribution >= 0.6 is 11.6 Å². The van der Waals surface area contributed by atoms with E-state index in [1.54, 1.807) is 13.0 Å². The molecule has 6 nitrogen and oxygen atoms in total. The van der Waals surface area contributed by atoms with Crippen LogP contribution in [0.4, 0.5) is 0 Å². The Labute approximate surface area is 122 Å². The van der Waals surface area contributed by atoms with Crippen LogP contribution in [0.5, 0.6) is 0 Å². The predicted molar refractivity (Wildman–Crippen MR) is 72.8 cm³/mol. The molecule has 0 aromatic heterocycles. The zero-order valence-corrected chi connectivity index (χ0v) is 12.2. The predicted octanol–water partition coefficient (Wildman–Crippen LogP) is 1.74. The summed E-state index contributed by atoms with van der Waals surface area (Å²) >= 11 is 5.74. The number of carboxylic acids is 1. The molecule has 1 aromatic rings. The number of sulfonamides is 1. The second kappa shape index (κ2) is 6.70. The largest absolute Gasteiger partial charge is 0.481 e. The molecule has 0 heterocycles. The molecule has 0 amide bonds. The third-order valence-corrected chi connectivity index (χ3v) is 4.37. The first-order valence-electron chi connectivity index (χ1n) is 5.70. The van der Waals surface area contributed by atoms with Crippen LogP contribution in [0.1, 0.15) is 25.3 Å². The number of nitrogens with one attached hydrogen (secondary N) is 1. The molecule has 20 heavy (non-hydrogen) atoms. The number of halogens is 1. The van der Waals surface area contributed by atoms with Crippen LogP contribution in [0.25, 0.3) is 0 Å². The second-order valence-corrected chi connectivity index (χ2v) is 6.33. The molecule has 0 saturated heterocycles. The second-order valence-electron chi connectivity index (χ2n) is 4.21. The highest BCUT2D eigenvalue weighted by molar-refractivity contribution is 7.89. The van der Waals surface area contributed by atoms with Crippen LogP contribution < -0.4 is 4.72 Å². The summed E-state index contributed by atoms with van der Waals surface area (Å²) in [5.74, 6) is -1.00. The Kier molecular flexibility index (Phi) is 5.51. The SMILES string of the molecule is CC(CCC(=O)O)NS(=O)(=O)c1cc(Cl)ccc1C#N. The van der Waals surface area contributed by atoms with E-state index in [9.17, 15) is 13.2 Å². The molecule has 0 saturated carbocycles. The maximum atomic E-state index is 12.2. The highest BCUT2D eigenvalue weighted by Gasteiger charge is 2.21. The number of aliphatic carboxylic acids is 1. The molecule has 0 fully saturated rings. The maximum absolute atomic E-state index is 12.2. The minimum absolute atomic E-state index is 0.0210. The van der Waals surface area contributed by atoms with Gasteiger partial charge in [0, 0.05) is 17.5 Å². The van der Waals surface area contributed by atoms with Gasteiger partial charge in [0.05, 0.1) is 5.56 Å². The molecule has 1 rings (SSSR count). The van der Waals surface area contributed by atoms with Gasteiger partial charge >= 0.3 is 5.97 Å². The molecule has 0 aliphatic carbocycles. The van der Waals surface area contributed by atoms with Gasteiger partial charge in [-0.2, -0.15) is 5.26 Å². The van der Waals surface area contributed by atoms with E-state index in [0.29, 0.717) is 0 Å². The van der Waals surface area contributed by atoms with Crippen LogP contribution in [0, 0.1) is 11.3 Å². The first kappa shape index (κ1) is 16.4. The summed E-state index contributed by atoms with van der Waals surface area (Å²) in [6.45, 7) is 1.55. The van der Waals surface area contributed by atoms with Crippen molar-refractivity contribution in [2.24, 2.45) is 0 Å². The Bertz CT molecular complexity index is 652. The van der Waals surface area contributed by atoms with Gasteiger partial charge in [-0.05, 0) is 31.5 Å². The third kappa shape index (κ3) is 4.49. The minimum Gasteiger partial charge on any atom is -0.481 e. The standard InChI is InChI=1S/C12H13ClN2O4S/c1-8(2-5-12(16)17)15-20(18,19)11-6-10(13)4-3-9(11)7-14/h3-4,6,8,15H,2,5H2,1H3,(H,16,17). The fourth-order valence-corrected chi connectivity index (χ4v) is 3.23. The highest BCUT2D eigenvalue weighted by Crippen LogP contribution is 2.20. The molecular formula is C12H13ClN2O4S. The monoisotopic (exact) mass is 316 g/mol. The Morgan fingerprint density at radius 3 is 2.75 bits per heavy atom. The van der Waals surface area contributed by atoms with Crippen LogP contribution in [0.2, 0.25) is 5.02 Å². The van der Waals surface area contributed by atoms with E-state index >= 15 is 0 Å². The van der Waals surface area contributed by atoms with Gasteiger partial charge in [-0.25, -0.2) is 13.1 Å². The normalized spacial score (nSPS) is 12.7. The first-order chi connectivity index (χ1) is 9.26. The molecule has 2 N–H and O–H groups in total. The smallest absolute Gasteiger partial charge is 0.303 e. The lowest BCUT2D eigenvalue weighted by Gasteiger charge is -2.14. The van der Waals surface area contributed by atoms with E-state index < -0.39 is 22.0 Å². The van der Waals surface area contributed by atoms with Crippen molar-refractivity contribution >= 4 is 27.6 Å². The molecule has 0 bridgehead atoms. The van der Waals surface area contributed by atoms with Crippen molar-refractivity contribution in [3.63, 3.8) is 0 Å². The fraction of sp³-hybridized carbons (Fsp3) is 0.333. The van der Waals surface area contributed by atoms with Crippen molar-refractivity contribution in [2.45, 2.75) is 30.7 Å². The number of benzene rings is 1. The lowest BCUT2D eigenvalue weighted by atomic mass is 10.2. The molecule has 108 valence electrons. The molecule has 1 aromatic carbocycles. The summed E-state index contributed by atoms with van der Waals surface area (Å²) in [5, 5.41) is 17.7. The number of carboxylic acid groups (broad SMARTS) is 1. The van der Waals surface area contributed by atoms with Gasteiger partial charge in [-0.1, -0.05) is 11.6 Å². The number of nitrogens with zero attached hydrogens (tertiary/aromatic N) is 1. The average Bonchev–Trinajstić information content (AvgIpc) is 2.36. The van der Waals surface area contributed by atoms with Crippen LogP contribution in [-0.4, -0.2) is 25.5 Å². The van der Waals surface area contributed by atoms with E-state index in [-0.39, 0.29) is 28.3 Å². The molecule has 0 aliphatic rings. The van der Waals surface area contributed by atoms with Crippen molar-refractivity contribution in [1.82, 2.24) is 4.72 Å². The number of hydrogen-bond acceptors (Lipinski definition) is 4. The van der Waals surface area contributed by atoms with Crippen LogP contribution in [-0.2, 0) is 14.8 Å². The summed E-state index contributed by atoms with van der Waals surface area (Å²) in [7, 11) is -3.92. The van der Waals surface area contributed by atoms with Crippen molar-refractivity contribution in [1.29, 1.82) is 5.26 Å². The van der Waals surface area contributed by atoms with Crippen molar-refractivity contribution < 1.29 is 18.3 Å². The molecule has 8 heteroatoms. The van der Waals surface area contributed by atoms with Gasteiger partial charge in [0.1, 0.15) is 11.0 Å². The number of carbonyl (C=O) groups is 1. The van der Waals surface area contributed by atoms with Gasteiger partial charge in [0.2, 0.25) is 10.0 Å². The minimum atomic E-state index is -3.92. The lowest BCUT2D eigenvalue weighted by Crippen LogP contribution is -2.33. The lowest BCUT2D eigenvalue weighted by molar-refractivity contribution is -0.137. The third-order valence-electron chi connectivity index (χ3n) is 2.50. The zero-order chi connectivity index (χ0) is 15.3. The van der Waals surface area contributed by atoms with E-state index in [4.69, 9.17) is 22.0 Å². The summed E-state index contributed by atoms with van der Waals surface area (Å²) in [4.78, 5) is 10.2.